The topological polar surface area (TPSA) is 120 Å². The molecule has 0 aliphatic rings. The molecule has 2 aromatic heterocycles. The fraction of sp³-hybridized carbons (Fsp3) is 0.182. The summed E-state index contributed by atoms with van der Waals surface area (Å²) in [5.74, 6) is 0.0803. The molecule has 3 N–H and O–H groups in total. The molecular weight excluding hydrogens is 248 g/mol. The predicted molar refractivity (Wildman–Crippen MR) is 69.4 cm³/mol. The number of aromatic nitrogens is 3. The van der Waals surface area contributed by atoms with Gasteiger partial charge in [0.2, 0.25) is 11.8 Å². The van der Waals surface area contributed by atoms with E-state index < -0.39 is 4.92 Å². The van der Waals surface area contributed by atoms with Crippen LogP contribution in [0.1, 0.15) is 11.1 Å². The van der Waals surface area contributed by atoms with E-state index in [4.69, 9.17) is 5.73 Å². The average Bonchev–Trinajstić information content (AvgIpc) is 2.37. The number of rotatable bonds is 4. The molecule has 2 heterocycles. The van der Waals surface area contributed by atoms with Crippen molar-refractivity contribution in [3.05, 3.63) is 45.9 Å². The minimum Gasteiger partial charge on any atom is -0.368 e. The van der Waals surface area contributed by atoms with Crippen LogP contribution in [-0.2, 0) is 6.54 Å². The number of pyridine rings is 1. The molecule has 0 saturated heterocycles. The Balaban J connectivity index is 2.22. The van der Waals surface area contributed by atoms with Crippen LogP contribution in [0, 0.1) is 17.0 Å². The van der Waals surface area contributed by atoms with Crippen LogP contribution in [0.2, 0.25) is 0 Å². The Bertz CT molecular complexity index is 616. The number of nitro groups is 1. The van der Waals surface area contributed by atoms with Crippen LogP contribution in [0.5, 0.6) is 0 Å². The van der Waals surface area contributed by atoms with Crippen molar-refractivity contribution in [2.45, 2.75) is 13.5 Å². The minimum absolute atomic E-state index is 0.0176. The summed E-state index contributed by atoms with van der Waals surface area (Å²) in [6, 6.07) is 1.86. The summed E-state index contributed by atoms with van der Waals surface area (Å²) in [7, 11) is 0. The van der Waals surface area contributed by atoms with E-state index in [2.05, 4.69) is 20.3 Å². The van der Waals surface area contributed by atoms with Gasteiger partial charge in [0.05, 0.1) is 4.92 Å². The zero-order chi connectivity index (χ0) is 13.8. The SMILES string of the molecule is Cc1ccncc1CNc1nc(N)ncc1[N+](=O)[O-]. The van der Waals surface area contributed by atoms with Crippen LogP contribution in [-0.4, -0.2) is 19.9 Å². The zero-order valence-corrected chi connectivity index (χ0v) is 10.2. The highest BCUT2D eigenvalue weighted by Gasteiger charge is 2.16. The Kier molecular flexibility index (Phi) is 3.51. The fourth-order valence-electron chi connectivity index (χ4n) is 1.51. The second-order valence-corrected chi connectivity index (χ2v) is 3.87. The molecule has 0 aromatic carbocycles. The highest BCUT2D eigenvalue weighted by molar-refractivity contribution is 5.56. The van der Waals surface area contributed by atoms with E-state index in [1.54, 1.807) is 12.4 Å². The minimum atomic E-state index is -0.558. The maximum atomic E-state index is 10.8. The summed E-state index contributed by atoms with van der Waals surface area (Å²) in [5.41, 5.74) is 7.18. The fourth-order valence-corrected chi connectivity index (χ4v) is 1.51. The number of nitrogens with zero attached hydrogens (tertiary/aromatic N) is 4. The van der Waals surface area contributed by atoms with Gasteiger partial charge in [0.1, 0.15) is 6.20 Å². The highest BCUT2D eigenvalue weighted by atomic mass is 16.6. The van der Waals surface area contributed by atoms with Gasteiger partial charge < -0.3 is 11.1 Å². The van der Waals surface area contributed by atoms with Crippen LogP contribution in [0.4, 0.5) is 17.5 Å². The van der Waals surface area contributed by atoms with Gasteiger partial charge in [-0.25, -0.2) is 4.98 Å². The number of hydrogen-bond acceptors (Lipinski definition) is 7. The number of nitrogen functional groups attached to an aromatic ring is 1. The summed E-state index contributed by atoms with van der Waals surface area (Å²) in [6.45, 7) is 2.30. The number of hydrogen-bond donors (Lipinski definition) is 2. The first-order valence-electron chi connectivity index (χ1n) is 5.48. The Hall–Kier alpha value is -2.77. The van der Waals surface area contributed by atoms with Crippen LogP contribution < -0.4 is 11.1 Å². The van der Waals surface area contributed by atoms with Gasteiger partial charge >= 0.3 is 5.69 Å². The average molecular weight is 260 g/mol. The van der Waals surface area contributed by atoms with E-state index in [0.717, 1.165) is 17.3 Å². The first kappa shape index (κ1) is 12.7. The van der Waals surface area contributed by atoms with Gasteiger partial charge in [-0.15, -0.1) is 0 Å². The molecule has 2 aromatic rings. The molecule has 0 amide bonds. The number of nitrogens with one attached hydrogen (secondary N) is 1. The lowest BCUT2D eigenvalue weighted by Crippen LogP contribution is -2.08. The van der Waals surface area contributed by atoms with E-state index in [-0.39, 0.29) is 17.5 Å². The molecule has 0 fully saturated rings. The number of nitrogens with two attached hydrogens (primary N) is 1. The Morgan fingerprint density at radius 1 is 1.47 bits per heavy atom. The third kappa shape index (κ3) is 2.92. The van der Waals surface area contributed by atoms with Crippen LogP contribution in [0.15, 0.2) is 24.7 Å². The monoisotopic (exact) mass is 260 g/mol. The molecule has 0 bridgehead atoms. The van der Waals surface area contributed by atoms with Gasteiger partial charge in [0.25, 0.3) is 0 Å². The second-order valence-electron chi connectivity index (χ2n) is 3.87. The smallest absolute Gasteiger partial charge is 0.329 e. The van der Waals surface area contributed by atoms with Crippen molar-refractivity contribution in [1.29, 1.82) is 0 Å². The van der Waals surface area contributed by atoms with Crippen LogP contribution >= 0.6 is 0 Å². The normalized spacial score (nSPS) is 10.2. The molecular formula is C11H12N6O2. The molecule has 0 aliphatic heterocycles. The molecule has 0 radical (unpaired) electrons. The first-order valence-corrected chi connectivity index (χ1v) is 5.48. The van der Waals surface area contributed by atoms with Crippen molar-refractivity contribution < 1.29 is 4.92 Å². The van der Waals surface area contributed by atoms with Gasteiger partial charge in [0, 0.05) is 18.9 Å². The number of anilines is 2. The molecule has 8 nitrogen and oxygen atoms in total. The first-order chi connectivity index (χ1) is 9.08. The zero-order valence-electron chi connectivity index (χ0n) is 10.2. The summed E-state index contributed by atoms with van der Waals surface area (Å²) in [6.07, 6.45) is 4.46. The largest absolute Gasteiger partial charge is 0.368 e. The molecule has 2 rings (SSSR count). The van der Waals surface area contributed by atoms with Crippen molar-refractivity contribution >= 4 is 17.5 Å². The van der Waals surface area contributed by atoms with Crippen molar-refractivity contribution in [1.82, 2.24) is 15.0 Å². The van der Waals surface area contributed by atoms with Crippen LogP contribution in [0.3, 0.4) is 0 Å². The number of aryl methyl sites for hydroxylation is 1. The highest BCUT2D eigenvalue weighted by Crippen LogP contribution is 2.21. The summed E-state index contributed by atoms with van der Waals surface area (Å²) in [5, 5.41) is 13.7. The van der Waals surface area contributed by atoms with E-state index >= 15 is 0 Å². The lowest BCUT2D eigenvalue weighted by molar-refractivity contribution is -0.384. The third-order valence-electron chi connectivity index (χ3n) is 2.58. The summed E-state index contributed by atoms with van der Waals surface area (Å²) >= 11 is 0. The van der Waals surface area contributed by atoms with Crippen molar-refractivity contribution in [2.24, 2.45) is 0 Å². The molecule has 0 spiro atoms. The van der Waals surface area contributed by atoms with Crippen LogP contribution in [0.25, 0.3) is 0 Å². The molecule has 0 saturated carbocycles. The lowest BCUT2D eigenvalue weighted by atomic mass is 10.1. The Morgan fingerprint density at radius 3 is 2.95 bits per heavy atom. The predicted octanol–water partition coefficient (Wildman–Crippen LogP) is 1.28. The van der Waals surface area contributed by atoms with Gasteiger partial charge in [0.15, 0.2) is 0 Å². The van der Waals surface area contributed by atoms with Gasteiger partial charge in [-0.3, -0.25) is 15.1 Å². The van der Waals surface area contributed by atoms with E-state index in [1.165, 1.54) is 0 Å². The molecule has 0 unspecified atom stereocenters. The van der Waals surface area contributed by atoms with E-state index in [1.807, 2.05) is 13.0 Å². The molecule has 0 atom stereocenters. The Morgan fingerprint density at radius 2 is 2.26 bits per heavy atom. The molecule has 98 valence electrons. The van der Waals surface area contributed by atoms with Crippen molar-refractivity contribution in [3.63, 3.8) is 0 Å². The van der Waals surface area contributed by atoms with E-state index in [0.29, 0.717) is 6.54 Å². The molecule has 19 heavy (non-hydrogen) atoms. The lowest BCUT2D eigenvalue weighted by Gasteiger charge is -2.08. The maximum Gasteiger partial charge on any atom is 0.329 e. The second kappa shape index (κ2) is 5.25. The van der Waals surface area contributed by atoms with Gasteiger partial charge in [-0.2, -0.15) is 4.98 Å². The van der Waals surface area contributed by atoms with E-state index in [9.17, 15) is 10.1 Å². The van der Waals surface area contributed by atoms with Gasteiger partial charge in [-0.05, 0) is 24.1 Å². The summed E-state index contributed by atoms with van der Waals surface area (Å²) < 4.78 is 0. The molecule has 0 aliphatic carbocycles. The maximum absolute atomic E-state index is 10.8. The third-order valence-corrected chi connectivity index (χ3v) is 2.58. The molecule has 8 heteroatoms. The van der Waals surface area contributed by atoms with Crippen molar-refractivity contribution in [2.75, 3.05) is 11.1 Å². The van der Waals surface area contributed by atoms with Crippen molar-refractivity contribution in [3.8, 4) is 0 Å². The quantitative estimate of drug-likeness (QED) is 0.627. The summed E-state index contributed by atoms with van der Waals surface area (Å²) in [4.78, 5) is 21.7. The standard InChI is InChI=1S/C11H12N6O2/c1-7-2-3-13-4-8(7)5-14-10-9(17(18)19)6-15-11(12)16-10/h2-4,6H,5H2,1H3,(H3,12,14,15,16). The van der Waals surface area contributed by atoms with Gasteiger partial charge in [-0.1, -0.05) is 0 Å². The Labute approximate surface area is 108 Å².